The predicted molar refractivity (Wildman–Crippen MR) is 108 cm³/mol. The van der Waals surface area contributed by atoms with Crippen molar-refractivity contribution < 1.29 is 14.7 Å². The van der Waals surface area contributed by atoms with Crippen LogP contribution in [-0.4, -0.2) is 38.2 Å². The van der Waals surface area contributed by atoms with Gasteiger partial charge in [0, 0.05) is 11.0 Å². The molecule has 0 saturated heterocycles. The minimum Gasteiger partial charge on any atom is -0.479 e. The number of carboxylic acids is 1. The number of benzene rings is 2. The van der Waals surface area contributed by atoms with Crippen molar-refractivity contribution in [3.05, 3.63) is 81.6 Å². The van der Waals surface area contributed by atoms with Gasteiger partial charge in [0.05, 0.1) is 23.1 Å². The summed E-state index contributed by atoms with van der Waals surface area (Å²) in [7, 11) is 0. The summed E-state index contributed by atoms with van der Waals surface area (Å²) >= 11 is 3.44. The Bertz CT molecular complexity index is 1080. The van der Waals surface area contributed by atoms with Gasteiger partial charge in [-0.2, -0.15) is 5.10 Å². The fourth-order valence-corrected chi connectivity index (χ4v) is 4.08. The first kappa shape index (κ1) is 18.4. The first-order valence-corrected chi connectivity index (χ1v) is 9.69. The molecule has 0 radical (unpaired) electrons. The van der Waals surface area contributed by atoms with Crippen molar-refractivity contribution in [2.75, 3.05) is 6.54 Å². The zero-order valence-electron chi connectivity index (χ0n) is 15.2. The van der Waals surface area contributed by atoms with Crippen LogP contribution in [0.25, 0.3) is 5.69 Å². The molecule has 1 atom stereocenters. The Kier molecular flexibility index (Phi) is 4.77. The zero-order chi connectivity index (χ0) is 19.8. The molecule has 1 N–H and O–H groups in total. The molecule has 2 aromatic carbocycles. The standard InChI is InChI=1S/C21H18BrN3O3/c1-13-18(12-23-25(13)16-7-4-6-15(22)11-16)20(26)24-10-9-14-5-2-3-8-17(14)19(24)21(27)28/h2-8,11-12,19H,9-10H2,1H3,(H,27,28). The van der Waals surface area contributed by atoms with Crippen LogP contribution in [0.5, 0.6) is 0 Å². The van der Waals surface area contributed by atoms with Crippen LogP contribution in [-0.2, 0) is 11.2 Å². The van der Waals surface area contributed by atoms with Gasteiger partial charge in [-0.05, 0) is 42.7 Å². The van der Waals surface area contributed by atoms with Gasteiger partial charge in [-0.25, -0.2) is 9.48 Å². The minimum atomic E-state index is -1.03. The van der Waals surface area contributed by atoms with E-state index in [0.717, 1.165) is 15.7 Å². The van der Waals surface area contributed by atoms with Gasteiger partial charge < -0.3 is 10.0 Å². The highest BCUT2D eigenvalue weighted by Gasteiger charge is 2.37. The van der Waals surface area contributed by atoms with Crippen molar-refractivity contribution in [3.8, 4) is 5.69 Å². The Hall–Kier alpha value is -2.93. The molecule has 1 aliphatic rings. The quantitative estimate of drug-likeness (QED) is 0.673. The average Bonchev–Trinajstić information content (AvgIpc) is 3.07. The Morgan fingerprint density at radius 2 is 1.96 bits per heavy atom. The number of hydrogen-bond acceptors (Lipinski definition) is 3. The smallest absolute Gasteiger partial charge is 0.331 e. The lowest BCUT2D eigenvalue weighted by Gasteiger charge is -2.34. The maximum atomic E-state index is 13.3. The maximum absolute atomic E-state index is 13.3. The number of rotatable bonds is 3. The molecule has 1 aromatic heterocycles. The van der Waals surface area contributed by atoms with Crippen LogP contribution in [0.1, 0.15) is 33.2 Å². The summed E-state index contributed by atoms with van der Waals surface area (Å²) in [6.07, 6.45) is 2.14. The van der Waals surface area contributed by atoms with Gasteiger partial charge in [0.2, 0.25) is 0 Å². The summed E-state index contributed by atoms with van der Waals surface area (Å²) in [5, 5.41) is 14.2. The average molecular weight is 440 g/mol. The molecule has 0 fully saturated rings. The number of nitrogens with zero attached hydrogens (tertiary/aromatic N) is 3. The summed E-state index contributed by atoms with van der Waals surface area (Å²) in [5.41, 5.74) is 3.55. The molecule has 28 heavy (non-hydrogen) atoms. The summed E-state index contributed by atoms with van der Waals surface area (Å²) < 4.78 is 2.59. The molecular formula is C21H18BrN3O3. The number of amides is 1. The van der Waals surface area contributed by atoms with Crippen molar-refractivity contribution in [1.82, 2.24) is 14.7 Å². The number of aromatic nitrogens is 2. The van der Waals surface area contributed by atoms with Crippen molar-refractivity contribution in [1.29, 1.82) is 0 Å². The number of aliphatic carboxylic acids is 1. The number of hydrogen-bond donors (Lipinski definition) is 1. The second-order valence-corrected chi connectivity index (χ2v) is 7.64. The molecule has 0 saturated carbocycles. The highest BCUT2D eigenvalue weighted by Crippen LogP contribution is 2.32. The van der Waals surface area contributed by atoms with Gasteiger partial charge in [-0.3, -0.25) is 4.79 Å². The Morgan fingerprint density at radius 3 is 2.71 bits per heavy atom. The van der Waals surface area contributed by atoms with Gasteiger partial charge in [0.1, 0.15) is 0 Å². The van der Waals surface area contributed by atoms with Crippen LogP contribution in [0, 0.1) is 6.92 Å². The molecule has 4 rings (SSSR count). The molecule has 0 spiro atoms. The van der Waals surface area contributed by atoms with Gasteiger partial charge in [-0.1, -0.05) is 46.3 Å². The first-order chi connectivity index (χ1) is 13.5. The predicted octanol–water partition coefficient (Wildman–Crippen LogP) is 3.77. The summed E-state index contributed by atoms with van der Waals surface area (Å²) in [6, 6.07) is 14.0. The van der Waals surface area contributed by atoms with Gasteiger partial charge in [0.25, 0.3) is 5.91 Å². The van der Waals surface area contributed by atoms with E-state index in [1.54, 1.807) is 16.8 Å². The van der Waals surface area contributed by atoms with E-state index >= 15 is 0 Å². The lowest BCUT2D eigenvalue weighted by atomic mass is 9.92. The van der Waals surface area contributed by atoms with E-state index in [-0.39, 0.29) is 5.91 Å². The molecule has 0 bridgehead atoms. The van der Waals surface area contributed by atoms with Crippen molar-refractivity contribution in [2.45, 2.75) is 19.4 Å². The van der Waals surface area contributed by atoms with Crippen LogP contribution >= 0.6 is 15.9 Å². The van der Waals surface area contributed by atoms with E-state index in [0.29, 0.717) is 29.8 Å². The van der Waals surface area contributed by atoms with E-state index < -0.39 is 12.0 Å². The molecule has 6 nitrogen and oxygen atoms in total. The van der Waals surface area contributed by atoms with E-state index in [1.165, 1.54) is 11.1 Å². The fraction of sp³-hybridized carbons (Fsp3) is 0.190. The monoisotopic (exact) mass is 439 g/mol. The number of halogens is 1. The summed E-state index contributed by atoms with van der Waals surface area (Å²) in [4.78, 5) is 26.7. The molecule has 0 aliphatic carbocycles. The third-order valence-corrected chi connectivity index (χ3v) is 5.56. The van der Waals surface area contributed by atoms with E-state index in [4.69, 9.17) is 0 Å². The van der Waals surface area contributed by atoms with Gasteiger partial charge in [0.15, 0.2) is 6.04 Å². The first-order valence-electron chi connectivity index (χ1n) is 8.89. The van der Waals surface area contributed by atoms with Crippen LogP contribution in [0.15, 0.2) is 59.2 Å². The van der Waals surface area contributed by atoms with Crippen LogP contribution in [0.3, 0.4) is 0 Å². The minimum absolute atomic E-state index is 0.319. The van der Waals surface area contributed by atoms with E-state index in [2.05, 4.69) is 21.0 Å². The highest BCUT2D eigenvalue weighted by atomic mass is 79.9. The summed E-state index contributed by atoms with van der Waals surface area (Å²) in [5.74, 6) is -1.35. The number of carbonyl (C=O) groups excluding carboxylic acids is 1. The Balaban J connectivity index is 1.71. The van der Waals surface area contributed by atoms with Gasteiger partial charge in [-0.15, -0.1) is 0 Å². The number of fused-ring (bicyclic) bond motifs is 1. The normalized spacial score (nSPS) is 15.9. The van der Waals surface area contributed by atoms with Crippen LogP contribution in [0.4, 0.5) is 0 Å². The molecule has 1 unspecified atom stereocenters. The molecule has 2 heterocycles. The molecular weight excluding hydrogens is 422 g/mol. The maximum Gasteiger partial charge on any atom is 0.331 e. The van der Waals surface area contributed by atoms with Crippen LogP contribution in [0.2, 0.25) is 0 Å². The SMILES string of the molecule is Cc1c(C(=O)N2CCc3ccccc3C2C(=O)O)cnn1-c1cccc(Br)c1. The van der Waals surface area contributed by atoms with Crippen molar-refractivity contribution >= 4 is 27.8 Å². The Morgan fingerprint density at radius 1 is 1.18 bits per heavy atom. The van der Waals surface area contributed by atoms with E-state index in [1.807, 2.05) is 43.3 Å². The third kappa shape index (κ3) is 3.11. The lowest BCUT2D eigenvalue weighted by molar-refractivity contribution is -0.143. The van der Waals surface area contributed by atoms with Crippen molar-refractivity contribution in [3.63, 3.8) is 0 Å². The topological polar surface area (TPSA) is 75.4 Å². The Labute approximate surface area is 170 Å². The van der Waals surface area contributed by atoms with Gasteiger partial charge >= 0.3 is 5.97 Å². The molecule has 7 heteroatoms. The number of carboxylic acid groups (broad SMARTS) is 1. The fourth-order valence-electron chi connectivity index (χ4n) is 3.69. The zero-order valence-corrected chi connectivity index (χ0v) is 16.8. The molecule has 1 aliphatic heterocycles. The lowest BCUT2D eigenvalue weighted by Crippen LogP contribution is -2.43. The second kappa shape index (κ2) is 7.24. The van der Waals surface area contributed by atoms with Crippen LogP contribution < -0.4 is 0 Å². The number of carbonyl (C=O) groups is 2. The third-order valence-electron chi connectivity index (χ3n) is 5.07. The second-order valence-electron chi connectivity index (χ2n) is 6.72. The molecule has 142 valence electrons. The molecule has 3 aromatic rings. The summed E-state index contributed by atoms with van der Waals surface area (Å²) in [6.45, 7) is 2.17. The molecule has 1 amide bonds. The highest BCUT2D eigenvalue weighted by molar-refractivity contribution is 9.10. The largest absolute Gasteiger partial charge is 0.479 e. The van der Waals surface area contributed by atoms with E-state index in [9.17, 15) is 14.7 Å². The van der Waals surface area contributed by atoms with Crippen molar-refractivity contribution in [2.24, 2.45) is 0 Å².